The van der Waals surface area contributed by atoms with E-state index in [2.05, 4.69) is 20.0 Å². The Morgan fingerprint density at radius 1 is 1.15 bits per heavy atom. The quantitative estimate of drug-likeness (QED) is 0.543. The first-order valence-corrected chi connectivity index (χ1v) is 9.73. The molecule has 0 aliphatic heterocycles. The molecular weight excluding hydrogens is 372 g/mol. The molecule has 1 aromatic carbocycles. The van der Waals surface area contributed by atoms with Crippen molar-refractivity contribution in [2.45, 2.75) is 51.3 Å². The molecule has 0 aliphatic rings. The van der Waals surface area contributed by atoms with Crippen molar-refractivity contribution in [3.8, 4) is 5.75 Å². The first-order valence-electron chi connectivity index (χ1n) is 8.51. The van der Waals surface area contributed by atoms with Crippen molar-refractivity contribution in [1.29, 1.82) is 0 Å². The molecule has 1 atom stereocenters. The Labute approximate surface area is 161 Å². The third kappa shape index (κ3) is 5.38. The van der Waals surface area contributed by atoms with E-state index < -0.39 is 6.61 Å². The maximum atomic E-state index is 12.8. The molecular formula is C19H23F2N3O2S. The zero-order valence-electron chi connectivity index (χ0n) is 15.9. The number of amides is 1. The fourth-order valence-corrected chi connectivity index (χ4v) is 3.15. The van der Waals surface area contributed by atoms with E-state index in [4.69, 9.17) is 0 Å². The summed E-state index contributed by atoms with van der Waals surface area (Å²) in [5.41, 5.74) is 1.85. The van der Waals surface area contributed by atoms with Crippen LogP contribution in [0, 0.1) is 6.92 Å². The van der Waals surface area contributed by atoms with E-state index in [1.165, 1.54) is 23.9 Å². The number of carbonyl (C=O) groups excluding carboxylic acids is 1. The van der Waals surface area contributed by atoms with Gasteiger partial charge in [-0.3, -0.25) is 4.79 Å². The van der Waals surface area contributed by atoms with Gasteiger partial charge < -0.3 is 10.1 Å². The summed E-state index contributed by atoms with van der Waals surface area (Å²) in [5, 5.41) is 3.55. The predicted molar refractivity (Wildman–Crippen MR) is 102 cm³/mol. The van der Waals surface area contributed by atoms with E-state index in [9.17, 15) is 13.6 Å². The molecule has 27 heavy (non-hydrogen) atoms. The molecule has 0 radical (unpaired) electrons. The Kier molecular flexibility index (Phi) is 7.12. The van der Waals surface area contributed by atoms with Crippen molar-refractivity contribution >= 4 is 17.7 Å². The Bertz CT molecular complexity index is 798. The highest BCUT2D eigenvalue weighted by Gasteiger charge is 2.21. The van der Waals surface area contributed by atoms with Crippen LogP contribution in [0.3, 0.4) is 0 Å². The molecule has 146 valence electrons. The second-order valence-corrected chi connectivity index (χ2v) is 7.14. The average Bonchev–Trinajstić information content (AvgIpc) is 2.60. The van der Waals surface area contributed by atoms with Crippen molar-refractivity contribution in [2.75, 3.05) is 6.26 Å². The van der Waals surface area contributed by atoms with Gasteiger partial charge in [-0.1, -0.05) is 26.0 Å². The summed E-state index contributed by atoms with van der Waals surface area (Å²) in [4.78, 5) is 21.7. The van der Waals surface area contributed by atoms with Crippen LogP contribution in [-0.2, 0) is 0 Å². The molecule has 2 aromatic rings. The summed E-state index contributed by atoms with van der Waals surface area (Å²) in [6.07, 6.45) is 1.87. The minimum atomic E-state index is -2.87. The highest BCUT2D eigenvalue weighted by Crippen LogP contribution is 2.25. The zero-order chi connectivity index (χ0) is 20.1. The molecule has 1 amide bonds. The molecule has 2 rings (SSSR count). The summed E-state index contributed by atoms with van der Waals surface area (Å²) in [6.45, 7) is 4.75. The SMILES string of the molecule is CSc1nc(C(C)C)nc(C)c1C(=O)NC(C)c1ccc(OC(F)F)cc1. The van der Waals surface area contributed by atoms with Crippen LogP contribution in [0.15, 0.2) is 29.3 Å². The molecule has 0 bridgehead atoms. The smallest absolute Gasteiger partial charge is 0.387 e. The lowest BCUT2D eigenvalue weighted by molar-refractivity contribution is -0.0498. The van der Waals surface area contributed by atoms with E-state index in [-0.39, 0.29) is 23.6 Å². The number of alkyl halides is 2. The van der Waals surface area contributed by atoms with Crippen molar-refractivity contribution < 1.29 is 18.3 Å². The van der Waals surface area contributed by atoms with Crippen LogP contribution >= 0.6 is 11.8 Å². The number of nitrogens with one attached hydrogen (secondary N) is 1. The molecule has 0 fully saturated rings. The van der Waals surface area contributed by atoms with Crippen LogP contribution in [0.4, 0.5) is 8.78 Å². The topological polar surface area (TPSA) is 64.1 Å². The van der Waals surface area contributed by atoms with Gasteiger partial charge in [0.25, 0.3) is 5.91 Å². The number of rotatable bonds is 7. The third-order valence-electron chi connectivity index (χ3n) is 3.96. The third-order valence-corrected chi connectivity index (χ3v) is 4.65. The van der Waals surface area contributed by atoms with Gasteiger partial charge in [0.05, 0.1) is 17.3 Å². The van der Waals surface area contributed by atoms with Gasteiger partial charge in [-0.2, -0.15) is 8.78 Å². The first kappa shape index (κ1) is 21.1. The van der Waals surface area contributed by atoms with Crippen molar-refractivity contribution in [3.63, 3.8) is 0 Å². The van der Waals surface area contributed by atoms with Gasteiger partial charge in [0.1, 0.15) is 16.6 Å². The highest BCUT2D eigenvalue weighted by atomic mass is 32.2. The second kappa shape index (κ2) is 9.12. The molecule has 1 unspecified atom stereocenters. The zero-order valence-corrected chi connectivity index (χ0v) is 16.7. The predicted octanol–water partition coefficient (Wildman–Crippen LogP) is 4.72. The van der Waals surface area contributed by atoms with Crippen molar-refractivity contribution in [1.82, 2.24) is 15.3 Å². The molecule has 0 saturated heterocycles. The molecule has 1 aromatic heterocycles. The summed E-state index contributed by atoms with van der Waals surface area (Å²) >= 11 is 1.40. The summed E-state index contributed by atoms with van der Waals surface area (Å²) in [7, 11) is 0. The largest absolute Gasteiger partial charge is 0.435 e. The van der Waals surface area contributed by atoms with Gasteiger partial charge in [-0.05, 0) is 37.8 Å². The lowest BCUT2D eigenvalue weighted by Gasteiger charge is -2.18. The summed E-state index contributed by atoms with van der Waals surface area (Å²) in [5.74, 6) is 0.675. The van der Waals surface area contributed by atoms with Crippen LogP contribution in [0.2, 0.25) is 0 Å². The molecule has 1 N–H and O–H groups in total. The molecule has 1 heterocycles. The number of carbonyl (C=O) groups is 1. The van der Waals surface area contributed by atoms with Crippen LogP contribution < -0.4 is 10.1 Å². The Morgan fingerprint density at radius 2 is 1.78 bits per heavy atom. The van der Waals surface area contributed by atoms with Gasteiger partial charge in [0.2, 0.25) is 0 Å². The lowest BCUT2D eigenvalue weighted by atomic mass is 10.1. The van der Waals surface area contributed by atoms with E-state index in [1.807, 2.05) is 27.0 Å². The fraction of sp³-hybridized carbons (Fsp3) is 0.421. The van der Waals surface area contributed by atoms with Gasteiger partial charge in [0, 0.05) is 5.92 Å². The number of ether oxygens (including phenoxy) is 1. The maximum absolute atomic E-state index is 12.8. The van der Waals surface area contributed by atoms with E-state index in [0.717, 1.165) is 5.56 Å². The lowest BCUT2D eigenvalue weighted by Crippen LogP contribution is -2.28. The molecule has 0 aliphatic carbocycles. The minimum absolute atomic E-state index is 0.0745. The normalized spacial score (nSPS) is 12.3. The molecule has 5 nitrogen and oxygen atoms in total. The standard InChI is InChI=1S/C19H23F2N3O2S/c1-10(2)16-22-12(4)15(18(24-16)27-5)17(25)23-11(3)13-6-8-14(9-7-13)26-19(20)21/h6-11,19H,1-5H3,(H,23,25). The molecule has 0 spiro atoms. The number of benzene rings is 1. The maximum Gasteiger partial charge on any atom is 0.387 e. The fourth-order valence-electron chi connectivity index (χ4n) is 2.52. The second-order valence-electron chi connectivity index (χ2n) is 6.35. The number of aromatic nitrogens is 2. The number of aryl methyl sites for hydroxylation is 1. The number of nitrogens with zero attached hydrogens (tertiary/aromatic N) is 2. The first-order chi connectivity index (χ1) is 12.7. The van der Waals surface area contributed by atoms with Crippen molar-refractivity contribution in [2.24, 2.45) is 0 Å². The average molecular weight is 395 g/mol. The molecule has 8 heteroatoms. The van der Waals surface area contributed by atoms with Gasteiger partial charge in [0.15, 0.2) is 0 Å². The highest BCUT2D eigenvalue weighted by molar-refractivity contribution is 7.98. The van der Waals surface area contributed by atoms with Crippen LogP contribution in [0.5, 0.6) is 5.75 Å². The Morgan fingerprint density at radius 3 is 2.30 bits per heavy atom. The number of halogens is 2. The van der Waals surface area contributed by atoms with E-state index >= 15 is 0 Å². The summed E-state index contributed by atoms with van der Waals surface area (Å²) < 4.78 is 28.8. The van der Waals surface area contributed by atoms with E-state index in [0.29, 0.717) is 22.1 Å². The Hall–Kier alpha value is -2.22. The van der Waals surface area contributed by atoms with E-state index in [1.54, 1.807) is 19.1 Å². The monoisotopic (exact) mass is 395 g/mol. The van der Waals surface area contributed by atoms with Gasteiger partial charge >= 0.3 is 6.61 Å². The number of hydrogen-bond acceptors (Lipinski definition) is 5. The Balaban J connectivity index is 2.19. The molecule has 0 saturated carbocycles. The van der Waals surface area contributed by atoms with Crippen molar-refractivity contribution in [3.05, 3.63) is 46.9 Å². The van der Waals surface area contributed by atoms with Crippen LogP contribution in [0.25, 0.3) is 0 Å². The summed E-state index contributed by atoms with van der Waals surface area (Å²) in [6, 6.07) is 5.86. The number of hydrogen-bond donors (Lipinski definition) is 1. The minimum Gasteiger partial charge on any atom is -0.435 e. The number of thioether (sulfide) groups is 1. The van der Waals surface area contributed by atoms with Gasteiger partial charge in [-0.15, -0.1) is 11.8 Å². The van der Waals surface area contributed by atoms with Crippen LogP contribution in [-0.4, -0.2) is 28.7 Å². The van der Waals surface area contributed by atoms with Gasteiger partial charge in [-0.25, -0.2) is 9.97 Å². The van der Waals surface area contributed by atoms with Crippen LogP contribution in [0.1, 0.15) is 60.2 Å².